The molecule has 1 heteroatoms. The highest BCUT2D eigenvalue weighted by molar-refractivity contribution is 7.99. The number of hydrogen-bond donors (Lipinski definition) is 0. The molecule has 0 bridgehead atoms. The third-order valence-electron chi connectivity index (χ3n) is 3.17. The van der Waals surface area contributed by atoms with Crippen LogP contribution >= 0.6 is 11.8 Å². The highest BCUT2D eigenvalue weighted by atomic mass is 32.2. The summed E-state index contributed by atoms with van der Waals surface area (Å²) in [5.74, 6) is 2.15. The van der Waals surface area contributed by atoms with Crippen LogP contribution < -0.4 is 0 Å². The largest absolute Gasteiger partial charge is 0.126 e. The second-order valence-corrected chi connectivity index (χ2v) is 6.07. The summed E-state index contributed by atoms with van der Waals surface area (Å²) >= 11 is 1.99. The Hall–Kier alpha value is -0.430. The van der Waals surface area contributed by atoms with Gasteiger partial charge in [0.2, 0.25) is 0 Å². The van der Waals surface area contributed by atoms with Crippen molar-refractivity contribution < 1.29 is 0 Å². The van der Waals surface area contributed by atoms with E-state index < -0.39 is 0 Å². The van der Waals surface area contributed by atoms with Gasteiger partial charge in [0.15, 0.2) is 0 Å². The first kappa shape index (κ1) is 14.6. The zero-order chi connectivity index (χ0) is 12.3. The topological polar surface area (TPSA) is 0 Å². The Morgan fingerprint density at radius 2 is 1.76 bits per heavy atom. The first-order chi connectivity index (χ1) is 8.33. The van der Waals surface area contributed by atoms with Gasteiger partial charge in [0.05, 0.1) is 0 Å². The van der Waals surface area contributed by atoms with E-state index in [-0.39, 0.29) is 0 Å². The predicted molar refractivity (Wildman–Crippen MR) is 79.7 cm³/mol. The number of rotatable bonds is 9. The normalized spacial score (nSPS) is 12.6. The minimum Gasteiger partial charge on any atom is -0.126 e. The lowest BCUT2D eigenvalue weighted by Crippen LogP contribution is -1.96. The zero-order valence-electron chi connectivity index (χ0n) is 11.3. The Balaban J connectivity index is 2.02. The molecule has 0 aliphatic rings. The van der Waals surface area contributed by atoms with Gasteiger partial charge in [0.1, 0.15) is 0 Å². The van der Waals surface area contributed by atoms with Gasteiger partial charge < -0.3 is 0 Å². The molecule has 0 spiro atoms. The fraction of sp³-hybridized carbons (Fsp3) is 0.625. The van der Waals surface area contributed by atoms with Gasteiger partial charge >= 0.3 is 0 Å². The average molecular weight is 250 g/mol. The molecular weight excluding hydrogens is 224 g/mol. The Morgan fingerprint density at radius 1 is 1.00 bits per heavy atom. The molecule has 0 amide bonds. The summed E-state index contributed by atoms with van der Waals surface area (Å²) in [7, 11) is 0. The fourth-order valence-corrected chi connectivity index (χ4v) is 3.06. The lowest BCUT2D eigenvalue weighted by atomic mass is 10.0. The van der Waals surface area contributed by atoms with Crippen LogP contribution in [0.25, 0.3) is 0 Å². The van der Waals surface area contributed by atoms with Gasteiger partial charge in [0, 0.05) is 4.90 Å². The summed E-state index contributed by atoms with van der Waals surface area (Å²) in [6.07, 6.45) is 8.36. The summed E-state index contributed by atoms with van der Waals surface area (Å²) < 4.78 is 0. The van der Waals surface area contributed by atoms with Crippen molar-refractivity contribution in [3.8, 4) is 0 Å². The molecule has 1 rings (SSSR count). The maximum Gasteiger partial charge on any atom is 0.00719 e. The minimum absolute atomic E-state index is 0.892. The lowest BCUT2D eigenvalue weighted by Gasteiger charge is -2.10. The molecule has 0 radical (unpaired) electrons. The molecule has 0 aliphatic carbocycles. The van der Waals surface area contributed by atoms with Crippen LogP contribution in [0.2, 0.25) is 0 Å². The van der Waals surface area contributed by atoms with Crippen LogP contribution in [0.3, 0.4) is 0 Å². The lowest BCUT2D eigenvalue weighted by molar-refractivity contribution is 0.480. The van der Waals surface area contributed by atoms with E-state index in [1.165, 1.54) is 49.2 Å². The summed E-state index contributed by atoms with van der Waals surface area (Å²) in [5.41, 5.74) is 0. The van der Waals surface area contributed by atoms with Gasteiger partial charge in [-0.2, -0.15) is 0 Å². The second kappa shape index (κ2) is 9.58. The van der Waals surface area contributed by atoms with Gasteiger partial charge in [-0.3, -0.25) is 0 Å². The van der Waals surface area contributed by atoms with Gasteiger partial charge in [-0.15, -0.1) is 11.8 Å². The molecule has 0 saturated carbocycles. The van der Waals surface area contributed by atoms with E-state index >= 15 is 0 Å². The van der Waals surface area contributed by atoms with Crippen molar-refractivity contribution in [1.82, 2.24) is 0 Å². The van der Waals surface area contributed by atoms with Crippen LogP contribution in [-0.4, -0.2) is 5.75 Å². The maximum absolute atomic E-state index is 2.40. The van der Waals surface area contributed by atoms with E-state index in [0.717, 1.165) is 5.92 Å². The predicted octanol–water partition coefficient (Wildman–Crippen LogP) is 5.78. The van der Waals surface area contributed by atoms with Crippen LogP contribution in [0, 0.1) is 5.92 Å². The van der Waals surface area contributed by atoms with E-state index in [4.69, 9.17) is 0 Å². The van der Waals surface area contributed by atoms with Crippen molar-refractivity contribution in [1.29, 1.82) is 0 Å². The Kier molecular flexibility index (Phi) is 8.25. The van der Waals surface area contributed by atoms with Gasteiger partial charge in [-0.25, -0.2) is 0 Å². The third kappa shape index (κ3) is 7.49. The molecular formula is C16H26S. The molecule has 1 aromatic carbocycles. The van der Waals surface area contributed by atoms with Crippen LogP contribution in [0.5, 0.6) is 0 Å². The first-order valence-corrected chi connectivity index (χ1v) is 7.99. The highest BCUT2D eigenvalue weighted by Crippen LogP contribution is 2.22. The van der Waals surface area contributed by atoms with E-state index in [9.17, 15) is 0 Å². The second-order valence-electron chi connectivity index (χ2n) is 4.90. The molecule has 0 saturated heterocycles. The van der Waals surface area contributed by atoms with Crippen molar-refractivity contribution in [2.45, 2.75) is 57.3 Å². The summed E-state index contributed by atoms with van der Waals surface area (Å²) in [6, 6.07) is 10.7. The fourth-order valence-electron chi connectivity index (χ4n) is 1.96. The maximum atomic E-state index is 2.40. The van der Waals surface area contributed by atoms with E-state index in [1.807, 2.05) is 11.8 Å². The highest BCUT2D eigenvalue weighted by Gasteiger charge is 2.02. The molecule has 0 N–H and O–H groups in total. The van der Waals surface area contributed by atoms with E-state index in [0.29, 0.717) is 0 Å². The van der Waals surface area contributed by atoms with Crippen LogP contribution in [-0.2, 0) is 0 Å². The van der Waals surface area contributed by atoms with Crippen molar-refractivity contribution in [3.63, 3.8) is 0 Å². The number of benzene rings is 1. The summed E-state index contributed by atoms with van der Waals surface area (Å²) in [6.45, 7) is 4.68. The molecule has 0 aromatic heterocycles. The third-order valence-corrected chi connectivity index (χ3v) is 4.22. The number of hydrogen-bond acceptors (Lipinski definition) is 1. The quantitative estimate of drug-likeness (QED) is 0.396. The molecule has 17 heavy (non-hydrogen) atoms. The van der Waals surface area contributed by atoms with Gasteiger partial charge in [0.25, 0.3) is 0 Å². The number of thioether (sulfide) groups is 1. The molecule has 0 fully saturated rings. The van der Waals surface area contributed by atoms with Crippen molar-refractivity contribution in [3.05, 3.63) is 30.3 Å². The van der Waals surface area contributed by atoms with Gasteiger partial charge in [-0.1, -0.05) is 64.2 Å². The van der Waals surface area contributed by atoms with E-state index in [1.54, 1.807) is 0 Å². The molecule has 1 atom stereocenters. The summed E-state index contributed by atoms with van der Waals surface area (Å²) in [4.78, 5) is 1.41. The van der Waals surface area contributed by atoms with Crippen molar-refractivity contribution in [2.75, 3.05) is 5.75 Å². The standard InChI is InChI=1S/C16H26S/c1-3-4-5-7-10-15(2)13-14-17-16-11-8-6-9-12-16/h6,8-9,11-12,15H,3-5,7,10,13-14H2,1-2H3. The molecule has 0 aliphatic heterocycles. The van der Waals surface area contributed by atoms with Crippen LogP contribution in [0.4, 0.5) is 0 Å². The number of unbranched alkanes of at least 4 members (excludes halogenated alkanes) is 3. The minimum atomic E-state index is 0.892. The Bertz CT molecular complexity index is 268. The summed E-state index contributed by atoms with van der Waals surface area (Å²) in [5, 5.41) is 0. The SMILES string of the molecule is CCCCCCC(C)CCSc1ccccc1. The van der Waals surface area contributed by atoms with Gasteiger partial charge in [-0.05, 0) is 30.2 Å². The molecule has 1 aromatic rings. The zero-order valence-corrected chi connectivity index (χ0v) is 12.1. The van der Waals surface area contributed by atoms with Crippen molar-refractivity contribution >= 4 is 11.8 Å². The molecule has 0 heterocycles. The van der Waals surface area contributed by atoms with Crippen LogP contribution in [0.15, 0.2) is 35.2 Å². The molecule has 96 valence electrons. The smallest absolute Gasteiger partial charge is 0.00719 e. The average Bonchev–Trinajstić information content (AvgIpc) is 2.36. The Labute approximate surface area is 111 Å². The monoisotopic (exact) mass is 250 g/mol. The first-order valence-electron chi connectivity index (χ1n) is 7.00. The molecule has 1 unspecified atom stereocenters. The Morgan fingerprint density at radius 3 is 2.47 bits per heavy atom. The van der Waals surface area contributed by atoms with Crippen LogP contribution in [0.1, 0.15) is 52.4 Å². The van der Waals surface area contributed by atoms with E-state index in [2.05, 4.69) is 44.2 Å². The molecule has 0 nitrogen and oxygen atoms in total. The van der Waals surface area contributed by atoms with Crippen molar-refractivity contribution in [2.24, 2.45) is 5.92 Å².